The molecule has 0 aliphatic carbocycles. The van der Waals surface area contributed by atoms with Crippen molar-refractivity contribution in [3.05, 3.63) is 47.9 Å². The maximum Gasteiger partial charge on any atom is 0.164 e. The Bertz CT molecular complexity index is 728. The van der Waals surface area contributed by atoms with Crippen LogP contribution in [0.5, 0.6) is 0 Å². The van der Waals surface area contributed by atoms with Gasteiger partial charge in [-0.2, -0.15) is 0 Å². The molecule has 0 radical (unpaired) electrons. The Balaban J connectivity index is 2.30. The lowest BCUT2D eigenvalue weighted by atomic mass is 10.2. The zero-order chi connectivity index (χ0) is 12.7. The number of anilines is 1. The van der Waals surface area contributed by atoms with Crippen molar-refractivity contribution in [1.82, 2.24) is 14.5 Å². The number of hydrogen-bond donors (Lipinski definition) is 1. The summed E-state index contributed by atoms with van der Waals surface area (Å²) < 4.78 is 2.02. The molecule has 0 amide bonds. The molecule has 3 rings (SSSR count). The second-order valence-corrected chi connectivity index (χ2v) is 4.38. The van der Waals surface area contributed by atoms with Crippen molar-refractivity contribution >= 4 is 16.9 Å². The van der Waals surface area contributed by atoms with Crippen molar-refractivity contribution in [2.45, 2.75) is 13.8 Å². The van der Waals surface area contributed by atoms with Crippen LogP contribution in [0.1, 0.15) is 11.4 Å². The smallest absolute Gasteiger partial charge is 0.164 e. The van der Waals surface area contributed by atoms with E-state index in [1.807, 2.05) is 48.7 Å². The number of aromatic nitrogens is 3. The van der Waals surface area contributed by atoms with Gasteiger partial charge in [0.25, 0.3) is 0 Å². The second-order valence-electron chi connectivity index (χ2n) is 4.38. The molecule has 0 spiro atoms. The summed E-state index contributed by atoms with van der Waals surface area (Å²) in [5.74, 6) is 0.909. The molecular weight excluding hydrogens is 224 g/mol. The van der Waals surface area contributed by atoms with Crippen molar-refractivity contribution in [3.8, 4) is 5.69 Å². The Hall–Kier alpha value is -2.36. The molecule has 4 nitrogen and oxygen atoms in total. The maximum absolute atomic E-state index is 5.97. The van der Waals surface area contributed by atoms with Crippen molar-refractivity contribution in [3.63, 3.8) is 0 Å². The van der Waals surface area contributed by atoms with Crippen molar-refractivity contribution in [2.75, 3.05) is 5.73 Å². The van der Waals surface area contributed by atoms with E-state index in [9.17, 15) is 0 Å². The fourth-order valence-electron chi connectivity index (χ4n) is 2.10. The number of fused-ring (bicyclic) bond motifs is 1. The van der Waals surface area contributed by atoms with Gasteiger partial charge < -0.3 is 5.73 Å². The van der Waals surface area contributed by atoms with Gasteiger partial charge in [-0.05, 0) is 43.7 Å². The Kier molecular flexibility index (Phi) is 2.30. The predicted octanol–water partition coefficient (Wildman–Crippen LogP) is 2.62. The number of nitrogen functional groups attached to an aromatic ring is 1. The number of rotatable bonds is 1. The van der Waals surface area contributed by atoms with E-state index in [4.69, 9.17) is 5.73 Å². The molecule has 0 unspecified atom stereocenters. The summed E-state index contributed by atoms with van der Waals surface area (Å²) in [5, 5.41) is 0. The lowest BCUT2D eigenvalue weighted by molar-refractivity contribution is 0.987. The quantitative estimate of drug-likeness (QED) is 0.663. The highest BCUT2D eigenvalue weighted by atomic mass is 15.1. The fourth-order valence-corrected chi connectivity index (χ4v) is 2.10. The zero-order valence-corrected chi connectivity index (χ0v) is 10.4. The first-order valence-corrected chi connectivity index (χ1v) is 5.83. The molecule has 0 saturated heterocycles. The van der Waals surface area contributed by atoms with Gasteiger partial charge in [-0.25, -0.2) is 9.97 Å². The topological polar surface area (TPSA) is 56.7 Å². The minimum absolute atomic E-state index is 0.782. The van der Waals surface area contributed by atoms with Crippen LogP contribution in [-0.2, 0) is 0 Å². The number of imidazole rings is 1. The second kappa shape index (κ2) is 3.84. The van der Waals surface area contributed by atoms with Gasteiger partial charge in [0.2, 0.25) is 0 Å². The average Bonchev–Trinajstić information content (AvgIpc) is 2.69. The summed E-state index contributed by atoms with van der Waals surface area (Å²) in [6, 6.07) is 9.86. The van der Waals surface area contributed by atoms with Crippen molar-refractivity contribution < 1.29 is 0 Å². The van der Waals surface area contributed by atoms with Crippen LogP contribution in [0.2, 0.25) is 0 Å². The Labute approximate surface area is 105 Å². The number of pyridine rings is 1. The lowest BCUT2D eigenvalue weighted by Crippen LogP contribution is -2.00. The van der Waals surface area contributed by atoms with E-state index in [0.717, 1.165) is 33.9 Å². The van der Waals surface area contributed by atoms with Gasteiger partial charge in [0.15, 0.2) is 5.65 Å². The summed E-state index contributed by atoms with van der Waals surface area (Å²) in [7, 11) is 0. The van der Waals surface area contributed by atoms with Crippen LogP contribution in [0.3, 0.4) is 0 Å². The lowest BCUT2D eigenvalue weighted by Gasteiger charge is -2.08. The third-order valence-electron chi connectivity index (χ3n) is 3.10. The summed E-state index contributed by atoms with van der Waals surface area (Å²) >= 11 is 0. The molecule has 2 N–H and O–H groups in total. The van der Waals surface area contributed by atoms with Gasteiger partial charge in [-0.1, -0.05) is 6.07 Å². The minimum Gasteiger partial charge on any atom is -0.398 e. The number of nitrogens with two attached hydrogens (primary N) is 1. The molecular formula is C14H14N4. The molecule has 2 heterocycles. The van der Waals surface area contributed by atoms with Crippen LogP contribution in [-0.4, -0.2) is 14.5 Å². The molecule has 4 heteroatoms. The van der Waals surface area contributed by atoms with Gasteiger partial charge in [-0.3, -0.25) is 4.57 Å². The molecule has 0 atom stereocenters. The Morgan fingerprint density at radius 1 is 1.17 bits per heavy atom. The van der Waals surface area contributed by atoms with Crippen LogP contribution < -0.4 is 5.73 Å². The Morgan fingerprint density at radius 3 is 2.78 bits per heavy atom. The first-order chi connectivity index (χ1) is 8.66. The molecule has 18 heavy (non-hydrogen) atoms. The molecule has 0 bridgehead atoms. The molecule has 0 aliphatic heterocycles. The molecule has 0 fully saturated rings. The predicted molar refractivity (Wildman–Crippen MR) is 72.8 cm³/mol. The Morgan fingerprint density at radius 2 is 2.00 bits per heavy atom. The maximum atomic E-state index is 5.97. The average molecular weight is 238 g/mol. The highest BCUT2D eigenvalue weighted by molar-refractivity contribution is 5.74. The minimum atomic E-state index is 0.782. The van der Waals surface area contributed by atoms with Crippen LogP contribution in [0, 0.1) is 13.8 Å². The number of nitrogens with zero attached hydrogens (tertiary/aromatic N) is 3. The number of aryl methyl sites for hydroxylation is 2. The first-order valence-electron chi connectivity index (χ1n) is 5.83. The van der Waals surface area contributed by atoms with Gasteiger partial charge in [-0.15, -0.1) is 0 Å². The highest BCUT2D eigenvalue weighted by Gasteiger charge is 2.10. The monoisotopic (exact) mass is 238 g/mol. The number of hydrogen-bond acceptors (Lipinski definition) is 3. The third kappa shape index (κ3) is 1.54. The van der Waals surface area contributed by atoms with Crippen LogP contribution in [0.4, 0.5) is 5.69 Å². The van der Waals surface area contributed by atoms with Crippen LogP contribution in [0.25, 0.3) is 16.9 Å². The molecule has 90 valence electrons. The van der Waals surface area contributed by atoms with E-state index < -0.39 is 0 Å². The van der Waals surface area contributed by atoms with Gasteiger partial charge in [0, 0.05) is 11.9 Å². The summed E-state index contributed by atoms with van der Waals surface area (Å²) in [6.07, 6.45) is 1.78. The van der Waals surface area contributed by atoms with E-state index in [0.29, 0.717) is 0 Å². The fraction of sp³-hybridized carbons (Fsp3) is 0.143. The zero-order valence-electron chi connectivity index (χ0n) is 10.4. The van der Waals surface area contributed by atoms with E-state index in [-0.39, 0.29) is 0 Å². The summed E-state index contributed by atoms with van der Waals surface area (Å²) in [4.78, 5) is 8.89. The van der Waals surface area contributed by atoms with E-state index >= 15 is 0 Å². The SMILES string of the molecule is Cc1ccc(-n2c(C)nc3cccnc32)cc1N. The largest absolute Gasteiger partial charge is 0.398 e. The van der Waals surface area contributed by atoms with E-state index in [1.54, 1.807) is 6.20 Å². The number of benzene rings is 1. The molecule has 3 aromatic rings. The third-order valence-corrected chi connectivity index (χ3v) is 3.10. The molecule has 1 aromatic carbocycles. The van der Waals surface area contributed by atoms with Gasteiger partial charge >= 0.3 is 0 Å². The molecule has 2 aromatic heterocycles. The van der Waals surface area contributed by atoms with Crippen LogP contribution in [0.15, 0.2) is 36.5 Å². The van der Waals surface area contributed by atoms with Crippen molar-refractivity contribution in [2.24, 2.45) is 0 Å². The van der Waals surface area contributed by atoms with E-state index in [2.05, 4.69) is 9.97 Å². The van der Waals surface area contributed by atoms with E-state index in [1.165, 1.54) is 0 Å². The van der Waals surface area contributed by atoms with Gasteiger partial charge in [0.1, 0.15) is 11.3 Å². The first kappa shape index (κ1) is 10.8. The molecule has 0 aliphatic rings. The van der Waals surface area contributed by atoms with Crippen LogP contribution >= 0.6 is 0 Å². The van der Waals surface area contributed by atoms with Gasteiger partial charge in [0.05, 0.1) is 5.69 Å². The molecule has 0 saturated carbocycles. The highest BCUT2D eigenvalue weighted by Crippen LogP contribution is 2.22. The standard InChI is InChI=1S/C14H14N4/c1-9-5-6-11(8-12(9)15)18-10(2)17-13-4-3-7-16-14(13)18/h3-8H,15H2,1-2H3. The summed E-state index contributed by atoms with van der Waals surface area (Å²) in [6.45, 7) is 3.97. The van der Waals surface area contributed by atoms with Crippen molar-refractivity contribution in [1.29, 1.82) is 0 Å². The normalized spacial score (nSPS) is 11.0. The summed E-state index contributed by atoms with van der Waals surface area (Å²) in [5.41, 5.74) is 10.6.